The molecule has 2 aromatic carbocycles. The Morgan fingerprint density at radius 3 is 2.56 bits per heavy atom. The van der Waals surface area contributed by atoms with E-state index >= 15 is 0 Å². The fourth-order valence-electron chi connectivity index (χ4n) is 2.16. The molecule has 0 aliphatic carbocycles. The molecule has 1 N–H and O–H groups in total. The van der Waals surface area contributed by atoms with E-state index in [4.69, 9.17) is 14.7 Å². The predicted octanol–water partition coefficient (Wildman–Crippen LogP) is 2.86. The van der Waals surface area contributed by atoms with E-state index in [2.05, 4.69) is 5.32 Å². The highest BCUT2D eigenvalue weighted by Gasteiger charge is 2.05. The molecule has 0 spiro atoms. The molecule has 0 saturated carbocycles. The van der Waals surface area contributed by atoms with Crippen LogP contribution >= 0.6 is 0 Å². The van der Waals surface area contributed by atoms with E-state index in [1.807, 2.05) is 24.3 Å². The third-order valence-corrected chi connectivity index (χ3v) is 3.35. The van der Waals surface area contributed by atoms with Crippen LogP contribution in [0.25, 0.3) is 0 Å². The number of para-hydroxylation sites is 1. The van der Waals surface area contributed by atoms with Crippen LogP contribution in [0.15, 0.2) is 48.5 Å². The van der Waals surface area contributed by atoms with Gasteiger partial charge in [0, 0.05) is 6.54 Å². The normalized spacial score (nSPS) is 9.92. The largest absolute Gasteiger partial charge is 0.490 e. The summed E-state index contributed by atoms with van der Waals surface area (Å²) in [6, 6.07) is 15.2. The maximum absolute atomic E-state index is 12.8. The summed E-state index contributed by atoms with van der Waals surface area (Å²) in [5.74, 6) is 0.714. The van der Waals surface area contributed by atoms with Crippen molar-refractivity contribution in [1.29, 1.82) is 5.26 Å². The number of hydrogen-bond acceptors (Lipinski definition) is 4. The second kappa shape index (κ2) is 9.93. The van der Waals surface area contributed by atoms with Gasteiger partial charge in [-0.15, -0.1) is 0 Å². The average Bonchev–Trinajstić information content (AvgIpc) is 2.61. The SMILES string of the molecule is N#CCC(=O)NCCc1ccccc1OCCOc1ccc(F)cc1. The lowest BCUT2D eigenvalue weighted by molar-refractivity contribution is -0.120. The summed E-state index contributed by atoms with van der Waals surface area (Å²) in [4.78, 5) is 11.3. The van der Waals surface area contributed by atoms with Gasteiger partial charge < -0.3 is 14.8 Å². The van der Waals surface area contributed by atoms with Gasteiger partial charge in [-0.3, -0.25) is 4.79 Å². The molecule has 0 saturated heterocycles. The Morgan fingerprint density at radius 2 is 1.80 bits per heavy atom. The van der Waals surface area contributed by atoms with Crippen LogP contribution in [0.1, 0.15) is 12.0 Å². The van der Waals surface area contributed by atoms with Gasteiger partial charge in [0.1, 0.15) is 37.0 Å². The van der Waals surface area contributed by atoms with Crippen molar-refractivity contribution in [3.63, 3.8) is 0 Å². The lowest BCUT2D eigenvalue weighted by atomic mass is 10.1. The summed E-state index contributed by atoms with van der Waals surface area (Å²) < 4.78 is 24.0. The van der Waals surface area contributed by atoms with Gasteiger partial charge in [-0.25, -0.2) is 4.39 Å². The molecule has 2 rings (SSSR count). The summed E-state index contributed by atoms with van der Waals surface area (Å²) in [6.45, 7) is 1.11. The first-order valence-electron chi connectivity index (χ1n) is 7.92. The first-order valence-corrected chi connectivity index (χ1v) is 7.92. The van der Waals surface area contributed by atoms with E-state index in [-0.39, 0.29) is 18.1 Å². The second-order valence-electron chi connectivity index (χ2n) is 5.19. The van der Waals surface area contributed by atoms with E-state index < -0.39 is 0 Å². The Kier molecular flexibility index (Phi) is 7.26. The molecule has 5 nitrogen and oxygen atoms in total. The van der Waals surface area contributed by atoms with Crippen molar-refractivity contribution in [1.82, 2.24) is 5.32 Å². The quantitative estimate of drug-likeness (QED) is 0.711. The van der Waals surface area contributed by atoms with Crippen molar-refractivity contribution >= 4 is 5.91 Å². The maximum Gasteiger partial charge on any atom is 0.234 e. The molecule has 0 radical (unpaired) electrons. The Bertz CT molecular complexity index is 726. The molecule has 6 heteroatoms. The summed E-state index contributed by atoms with van der Waals surface area (Å²) in [5.41, 5.74) is 0.960. The lowest BCUT2D eigenvalue weighted by Crippen LogP contribution is -2.25. The molecule has 0 fully saturated rings. The fraction of sp³-hybridized carbons (Fsp3) is 0.263. The maximum atomic E-state index is 12.8. The molecule has 0 aromatic heterocycles. The number of carbonyl (C=O) groups is 1. The second-order valence-corrected chi connectivity index (χ2v) is 5.19. The highest BCUT2D eigenvalue weighted by atomic mass is 19.1. The van der Waals surface area contributed by atoms with E-state index in [9.17, 15) is 9.18 Å². The van der Waals surface area contributed by atoms with Gasteiger partial charge in [0.05, 0.1) is 6.07 Å². The number of rotatable bonds is 9. The molecule has 0 unspecified atom stereocenters. The van der Waals surface area contributed by atoms with E-state index in [0.717, 1.165) is 11.3 Å². The van der Waals surface area contributed by atoms with Gasteiger partial charge in [0.15, 0.2) is 0 Å². The highest BCUT2D eigenvalue weighted by molar-refractivity contribution is 5.77. The number of halogens is 1. The number of benzene rings is 2. The number of amides is 1. The van der Waals surface area contributed by atoms with Crippen LogP contribution in [-0.4, -0.2) is 25.7 Å². The summed E-state index contributed by atoms with van der Waals surface area (Å²) in [5, 5.41) is 11.1. The predicted molar refractivity (Wildman–Crippen MR) is 90.8 cm³/mol. The van der Waals surface area contributed by atoms with Crippen LogP contribution in [0.4, 0.5) is 4.39 Å². The third kappa shape index (κ3) is 6.51. The van der Waals surface area contributed by atoms with Crippen LogP contribution in [0.5, 0.6) is 11.5 Å². The number of hydrogen-bond donors (Lipinski definition) is 1. The Balaban J connectivity index is 1.76. The van der Waals surface area contributed by atoms with Gasteiger partial charge >= 0.3 is 0 Å². The molecular formula is C19H19FN2O3. The van der Waals surface area contributed by atoms with E-state index in [1.54, 1.807) is 18.2 Å². The molecule has 2 aromatic rings. The zero-order valence-electron chi connectivity index (χ0n) is 13.7. The third-order valence-electron chi connectivity index (χ3n) is 3.35. The highest BCUT2D eigenvalue weighted by Crippen LogP contribution is 2.18. The molecule has 25 heavy (non-hydrogen) atoms. The van der Waals surface area contributed by atoms with Crippen LogP contribution in [0.2, 0.25) is 0 Å². The molecular weight excluding hydrogens is 323 g/mol. The number of nitriles is 1. The van der Waals surface area contributed by atoms with Gasteiger partial charge in [-0.05, 0) is 42.3 Å². The number of ether oxygens (including phenoxy) is 2. The molecule has 0 bridgehead atoms. The first kappa shape index (κ1) is 18.3. The molecule has 0 aliphatic heterocycles. The van der Waals surface area contributed by atoms with Gasteiger partial charge in [0.2, 0.25) is 5.91 Å². The zero-order valence-corrected chi connectivity index (χ0v) is 13.7. The van der Waals surface area contributed by atoms with Gasteiger partial charge in [-0.1, -0.05) is 18.2 Å². The minimum atomic E-state index is -0.306. The van der Waals surface area contributed by atoms with Crippen molar-refractivity contribution in [3.8, 4) is 17.6 Å². The number of nitrogens with one attached hydrogen (secondary N) is 1. The van der Waals surface area contributed by atoms with E-state index in [1.165, 1.54) is 12.1 Å². The lowest BCUT2D eigenvalue weighted by Gasteiger charge is -2.12. The topological polar surface area (TPSA) is 71.4 Å². The molecule has 1 amide bonds. The number of carbonyl (C=O) groups excluding carboxylic acids is 1. The molecule has 0 heterocycles. The molecule has 130 valence electrons. The standard InChI is InChI=1S/C19H19FN2O3/c20-16-5-7-17(8-6-16)24-13-14-25-18-4-2-1-3-15(18)10-12-22-19(23)9-11-21/h1-8H,9-10,12-14H2,(H,22,23). The van der Waals surface area contributed by atoms with Gasteiger partial charge in [0.25, 0.3) is 0 Å². The van der Waals surface area contributed by atoms with Crippen LogP contribution in [-0.2, 0) is 11.2 Å². The zero-order chi connectivity index (χ0) is 17.9. The molecule has 0 aliphatic rings. The summed E-state index contributed by atoms with van der Waals surface area (Å²) in [7, 11) is 0. The summed E-state index contributed by atoms with van der Waals surface area (Å²) in [6.07, 6.45) is 0.463. The summed E-state index contributed by atoms with van der Waals surface area (Å²) >= 11 is 0. The van der Waals surface area contributed by atoms with Crippen molar-refractivity contribution in [3.05, 3.63) is 59.9 Å². The average molecular weight is 342 g/mol. The van der Waals surface area contributed by atoms with Crippen LogP contribution < -0.4 is 14.8 Å². The van der Waals surface area contributed by atoms with E-state index in [0.29, 0.717) is 31.9 Å². The molecule has 0 atom stereocenters. The number of nitrogens with zero attached hydrogens (tertiary/aromatic N) is 1. The van der Waals surface area contributed by atoms with Crippen molar-refractivity contribution in [2.24, 2.45) is 0 Å². The fourth-order valence-corrected chi connectivity index (χ4v) is 2.16. The minimum Gasteiger partial charge on any atom is -0.490 e. The van der Waals surface area contributed by atoms with Crippen LogP contribution in [0.3, 0.4) is 0 Å². The monoisotopic (exact) mass is 342 g/mol. The first-order chi connectivity index (χ1) is 12.2. The Morgan fingerprint density at radius 1 is 1.08 bits per heavy atom. The van der Waals surface area contributed by atoms with Crippen molar-refractivity contribution in [2.75, 3.05) is 19.8 Å². The smallest absolute Gasteiger partial charge is 0.234 e. The van der Waals surface area contributed by atoms with Gasteiger partial charge in [-0.2, -0.15) is 5.26 Å². The van der Waals surface area contributed by atoms with Crippen molar-refractivity contribution < 1.29 is 18.7 Å². The minimum absolute atomic E-state index is 0.140. The Hall–Kier alpha value is -3.07. The van der Waals surface area contributed by atoms with Crippen molar-refractivity contribution in [2.45, 2.75) is 12.8 Å². The van der Waals surface area contributed by atoms with Crippen LogP contribution in [0, 0.1) is 17.1 Å². The Labute approximate surface area is 146 Å².